The summed E-state index contributed by atoms with van der Waals surface area (Å²) in [5.74, 6) is 0. The van der Waals surface area contributed by atoms with Crippen LogP contribution >= 0.6 is 0 Å². The highest BCUT2D eigenvalue weighted by molar-refractivity contribution is 5.22. The summed E-state index contributed by atoms with van der Waals surface area (Å²) in [5.41, 5.74) is 2.82. The van der Waals surface area contributed by atoms with Crippen LogP contribution in [-0.2, 0) is 13.1 Å². The molecule has 3 nitrogen and oxygen atoms in total. The summed E-state index contributed by atoms with van der Waals surface area (Å²) in [6.07, 6.45) is 2.69. The van der Waals surface area contributed by atoms with Gasteiger partial charge in [-0.25, -0.2) is 0 Å². The molecule has 1 saturated heterocycles. The van der Waals surface area contributed by atoms with Crippen LogP contribution in [0, 0.1) is 0 Å². The van der Waals surface area contributed by atoms with E-state index in [0.29, 0.717) is 0 Å². The normalized spacial score (nSPS) is 19.9. The summed E-state index contributed by atoms with van der Waals surface area (Å²) in [4.78, 5) is 4.95. The third kappa shape index (κ3) is 4.58. The Kier molecular flexibility index (Phi) is 6.02. The van der Waals surface area contributed by atoms with Gasteiger partial charge in [0.1, 0.15) is 0 Å². The van der Waals surface area contributed by atoms with E-state index in [1.165, 1.54) is 37.1 Å². The van der Waals surface area contributed by atoms with Crippen LogP contribution in [0.2, 0.25) is 0 Å². The molecule has 0 amide bonds. The number of hydrogen-bond donors (Lipinski definition) is 1. The molecule has 20 heavy (non-hydrogen) atoms. The molecule has 1 fully saturated rings. The Hall–Kier alpha value is -0.900. The number of benzene rings is 1. The Morgan fingerprint density at radius 3 is 2.55 bits per heavy atom. The Balaban J connectivity index is 1.88. The first kappa shape index (κ1) is 15.5. The first-order valence-electron chi connectivity index (χ1n) is 7.86. The highest BCUT2D eigenvalue weighted by Crippen LogP contribution is 2.20. The zero-order valence-electron chi connectivity index (χ0n) is 13.2. The fourth-order valence-corrected chi connectivity index (χ4v) is 3.00. The van der Waals surface area contributed by atoms with Gasteiger partial charge in [0.15, 0.2) is 0 Å². The topological polar surface area (TPSA) is 18.5 Å². The van der Waals surface area contributed by atoms with E-state index in [0.717, 1.165) is 25.7 Å². The van der Waals surface area contributed by atoms with Crippen LogP contribution in [0.3, 0.4) is 0 Å². The number of nitrogens with one attached hydrogen (secondary N) is 1. The van der Waals surface area contributed by atoms with Crippen molar-refractivity contribution < 1.29 is 0 Å². The molecule has 0 bridgehead atoms. The fraction of sp³-hybridized carbons (Fsp3) is 0.647. The molecule has 112 valence electrons. The third-order valence-electron chi connectivity index (χ3n) is 4.06. The van der Waals surface area contributed by atoms with E-state index in [2.05, 4.69) is 60.4 Å². The summed E-state index contributed by atoms with van der Waals surface area (Å²) in [6.45, 7) is 7.67. The van der Waals surface area contributed by atoms with Crippen molar-refractivity contribution in [3.8, 4) is 0 Å². The maximum atomic E-state index is 3.37. The first-order valence-corrected chi connectivity index (χ1v) is 7.86. The molecular weight excluding hydrogens is 246 g/mol. The van der Waals surface area contributed by atoms with Crippen molar-refractivity contribution >= 4 is 0 Å². The molecule has 3 heteroatoms. The smallest absolute Gasteiger partial charge is 0.0237 e. The highest BCUT2D eigenvalue weighted by Gasteiger charge is 2.24. The highest BCUT2D eigenvalue weighted by atomic mass is 15.2. The summed E-state index contributed by atoms with van der Waals surface area (Å²) in [6, 6.07) is 9.82. The Morgan fingerprint density at radius 2 is 1.90 bits per heavy atom. The van der Waals surface area contributed by atoms with E-state index in [9.17, 15) is 0 Å². The molecule has 1 aliphatic rings. The predicted octanol–water partition coefficient (Wildman–Crippen LogP) is 2.32. The van der Waals surface area contributed by atoms with Crippen molar-refractivity contribution in [1.82, 2.24) is 15.1 Å². The fourth-order valence-electron chi connectivity index (χ4n) is 3.00. The van der Waals surface area contributed by atoms with Crippen LogP contribution in [0.15, 0.2) is 24.3 Å². The monoisotopic (exact) mass is 275 g/mol. The predicted molar refractivity (Wildman–Crippen MR) is 85.8 cm³/mol. The van der Waals surface area contributed by atoms with E-state index in [1.807, 2.05) is 0 Å². The summed E-state index contributed by atoms with van der Waals surface area (Å²) in [7, 11) is 4.35. The van der Waals surface area contributed by atoms with Gasteiger partial charge in [-0.1, -0.05) is 31.2 Å². The van der Waals surface area contributed by atoms with E-state index >= 15 is 0 Å². The van der Waals surface area contributed by atoms with Crippen molar-refractivity contribution in [2.45, 2.75) is 38.9 Å². The van der Waals surface area contributed by atoms with Crippen LogP contribution in [0.1, 0.15) is 30.9 Å². The van der Waals surface area contributed by atoms with E-state index in [4.69, 9.17) is 0 Å². The number of hydrogen-bond acceptors (Lipinski definition) is 3. The molecule has 1 N–H and O–H groups in total. The number of nitrogens with zero attached hydrogens (tertiary/aromatic N) is 2. The van der Waals surface area contributed by atoms with Gasteiger partial charge in [0.25, 0.3) is 0 Å². The Morgan fingerprint density at radius 1 is 1.20 bits per heavy atom. The lowest BCUT2D eigenvalue weighted by molar-refractivity contribution is 0.201. The first-order chi connectivity index (χ1) is 9.69. The minimum absolute atomic E-state index is 0.728. The molecule has 1 heterocycles. The van der Waals surface area contributed by atoms with Crippen molar-refractivity contribution in [2.24, 2.45) is 0 Å². The molecule has 2 rings (SSSR count). The molecule has 0 saturated carbocycles. The van der Waals surface area contributed by atoms with Gasteiger partial charge in [-0.05, 0) is 51.2 Å². The van der Waals surface area contributed by atoms with E-state index in [1.54, 1.807) is 0 Å². The number of likely N-dealkylation sites (N-methyl/N-ethyl adjacent to an activating group) is 1. The molecule has 1 unspecified atom stereocenters. The Bertz CT molecular complexity index is 386. The van der Waals surface area contributed by atoms with E-state index < -0.39 is 0 Å². The van der Waals surface area contributed by atoms with Crippen LogP contribution in [-0.4, -0.2) is 49.6 Å². The maximum Gasteiger partial charge on any atom is 0.0237 e. The van der Waals surface area contributed by atoms with Gasteiger partial charge in [-0.3, -0.25) is 4.90 Å². The molecule has 0 radical (unpaired) electrons. The molecule has 1 aromatic carbocycles. The lowest BCUT2D eigenvalue weighted by Crippen LogP contribution is -2.37. The molecule has 1 aromatic rings. The second-order valence-corrected chi connectivity index (χ2v) is 6.13. The SMILES string of the molecule is CCNCc1ccc(CN2CCCC2CN(C)C)cc1. The lowest BCUT2D eigenvalue weighted by atomic mass is 10.1. The van der Waals surface area contributed by atoms with Crippen molar-refractivity contribution in [1.29, 1.82) is 0 Å². The minimum atomic E-state index is 0.728. The standard InChI is InChI=1S/C17H29N3/c1-4-18-12-15-7-9-16(10-8-15)13-20-11-5-6-17(20)14-19(2)3/h7-10,17-18H,4-6,11-14H2,1-3H3. The van der Waals surface area contributed by atoms with Crippen LogP contribution in [0.5, 0.6) is 0 Å². The van der Waals surface area contributed by atoms with Crippen LogP contribution < -0.4 is 5.32 Å². The zero-order valence-corrected chi connectivity index (χ0v) is 13.2. The second kappa shape index (κ2) is 7.77. The molecular formula is C17H29N3. The largest absolute Gasteiger partial charge is 0.313 e. The second-order valence-electron chi connectivity index (χ2n) is 6.13. The van der Waals surface area contributed by atoms with Gasteiger partial charge in [0.2, 0.25) is 0 Å². The van der Waals surface area contributed by atoms with Crippen molar-refractivity contribution in [3.05, 3.63) is 35.4 Å². The molecule has 1 aliphatic heterocycles. The number of likely N-dealkylation sites (tertiary alicyclic amines) is 1. The maximum absolute atomic E-state index is 3.37. The zero-order chi connectivity index (χ0) is 14.4. The quantitative estimate of drug-likeness (QED) is 0.824. The van der Waals surface area contributed by atoms with Crippen molar-refractivity contribution in [3.63, 3.8) is 0 Å². The van der Waals surface area contributed by atoms with E-state index in [-0.39, 0.29) is 0 Å². The molecule has 0 aliphatic carbocycles. The average Bonchev–Trinajstić information content (AvgIpc) is 2.84. The average molecular weight is 275 g/mol. The molecule has 0 spiro atoms. The number of rotatable bonds is 7. The van der Waals surface area contributed by atoms with Gasteiger partial charge in [-0.15, -0.1) is 0 Å². The summed E-state index contributed by atoms with van der Waals surface area (Å²) < 4.78 is 0. The van der Waals surface area contributed by atoms with Crippen molar-refractivity contribution in [2.75, 3.05) is 33.7 Å². The van der Waals surface area contributed by atoms with Gasteiger partial charge >= 0.3 is 0 Å². The minimum Gasteiger partial charge on any atom is -0.313 e. The van der Waals surface area contributed by atoms with Gasteiger partial charge < -0.3 is 10.2 Å². The summed E-state index contributed by atoms with van der Waals surface area (Å²) >= 11 is 0. The Labute approximate surface area is 124 Å². The van der Waals surface area contributed by atoms with Crippen LogP contribution in [0.4, 0.5) is 0 Å². The van der Waals surface area contributed by atoms with Gasteiger partial charge in [-0.2, -0.15) is 0 Å². The van der Waals surface area contributed by atoms with Crippen LogP contribution in [0.25, 0.3) is 0 Å². The molecule has 1 atom stereocenters. The van der Waals surface area contributed by atoms with Gasteiger partial charge in [0.05, 0.1) is 0 Å². The lowest BCUT2D eigenvalue weighted by Gasteiger charge is -2.27. The summed E-state index contributed by atoms with van der Waals surface area (Å²) in [5, 5.41) is 3.37. The van der Waals surface area contributed by atoms with Gasteiger partial charge in [0, 0.05) is 25.7 Å². The molecule has 0 aromatic heterocycles. The third-order valence-corrected chi connectivity index (χ3v) is 4.06.